The molecule has 1 N–H and O–H groups in total. The van der Waals surface area contributed by atoms with Gasteiger partial charge < -0.3 is 9.78 Å². The highest BCUT2D eigenvalue weighted by molar-refractivity contribution is 5.53. The number of imidazole rings is 1. The highest BCUT2D eigenvalue weighted by Crippen LogP contribution is 2.00. The summed E-state index contributed by atoms with van der Waals surface area (Å²) < 4.78 is 0. The average Bonchev–Trinajstić information content (AvgIpc) is 2.40. The first-order chi connectivity index (χ1) is 4.83. The minimum Gasteiger partial charge on any atom is -0.351 e. The van der Waals surface area contributed by atoms with E-state index < -0.39 is 0 Å². The zero-order chi connectivity index (χ0) is 7.40. The lowest BCUT2D eigenvalue weighted by molar-refractivity contribution is -0.110. The molecule has 0 amide bonds. The van der Waals surface area contributed by atoms with Crippen LogP contribution in [0.1, 0.15) is 12.6 Å². The molecule has 1 atom stereocenters. The van der Waals surface area contributed by atoms with E-state index in [1.165, 1.54) is 0 Å². The fourth-order valence-electron chi connectivity index (χ4n) is 0.781. The van der Waals surface area contributed by atoms with Crippen molar-refractivity contribution in [2.45, 2.75) is 13.3 Å². The number of aromatic amines is 1. The van der Waals surface area contributed by atoms with Gasteiger partial charge in [0, 0.05) is 18.5 Å². The molecule has 1 unspecified atom stereocenters. The maximum absolute atomic E-state index is 10.2. The number of hydrogen-bond donors (Lipinski definition) is 1. The normalized spacial score (nSPS) is 12.9. The van der Waals surface area contributed by atoms with E-state index in [2.05, 4.69) is 9.97 Å². The molecule has 54 valence electrons. The summed E-state index contributed by atoms with van der Waals surface area (Å²) >= 11 is 0. The molecule has 0 aliphatic carbocycles. The van der Waals surface area contributed by atoms with Gasteiger partial charge in [0.15, 0.2) is 0 Å². The van der Waals surface area contributed by atoms with E-state index in [0.717, 1.165) is 18.4 Å². The van der Waals surface area contributed by atoms with Gasteiger partial charge in [0.05, 0.1) is 12.0 Å². The highest BCUT2D eigenvalue weighted by atomic mass is 16.1. The van der Waals surface area contributed by atoms with Crippen molar-refractivity contribution in [1.82, 2.24) is 9.97 Å². The second kappa shape index (κ2) is 3.15. The molecule has 0 aliphatic rings. The summed E-state index contributed by atoms with van der Waals surface area (Å²) in [4.78, 5) is 17.0. The molecule has 1 aromatic rings. The van der Waals surface area contributed by atoms with E-state index in [9.17, 15) is 4.79 Å². The van der Waals surface area contributed by atoms with Crippen LogP contribution < -0.4 is 0 Å². The Kier molecular flexibility index (Phi) is 2.20. The molecule has 0 aliphatic heterocycles. The first kappa shape index (κ1) is 6.99. The fraction of sp³-hybridized carbons (Fsp3) is 0.429. The molecule has 0 saturated carbocycles. The Morgan fingerprint density at radius 2 is 2.70 bits per heavy atom. The molecule has 0 aromatic carbocycles. The minimum absolute atomic E-state index is 0.0725. The Hall–Kier alpha value is -1.12. The number of carbonyl (C=O) groups excluding carboxylic acids is 1. The molecule has 0 bridgehead atoms. The van der Waals surface area contributed by atoms with Crippen LogP contribution in [0.3, 0.4) is 0 Å². The number of H-pyrrole nitrogens is 1. The maximum atomic E-state index is 10.2. The Labute approximate surface area is 59.5 Å². The quantitative estimate of drug-likeness (QED) is 0.627. The summed E-state index contributed by atoms with van der Waals surface area (Å²) in [6.45, 7) is 1.88. The molecule has 1 rings (SSSR count). The Bertz CT molecular complexity index is 193. The monoisotopic (exact) mass is 138 g/mol. The number of aromatic nitrogens is 2. The lowest BCUT2D eigenvalue weighted by Crippen LogP contribution is -2.00. The van der Waals surface area contributed by atoms with Crippen molar-refractivity contribution in [1.29, 1.82) is 0 Å². The van der Waals surface area contributed by atoms with Gasteiger partial charge in [-0.2, -0.15) is 0 Å². The summed E-state index contributed by atoms with van der Waals surface area (Å²) in [5.41, 5.74) is 0.944. The van der Waals surface area contributed by atoms with Gasteiger partial charge in [-0.25, -0.2) is 4.98 Å². The fourth-order valence-corrected chi connectivity index (χ4v) is 0.781. The van der Waals surface area contributed by atoms with Crippen LogP contribution in [0.25, 0.3) is 0 Å². The minimum atomic E-state index is 0.0725. The van der Waals surface area contributed by atoms with Gasteiger partial charge >= 0.3 is 0 Å². The number of nitrogens with one attached hydrogen (secondary N) is 1. The molecular weight excluding hydrogens is 128 g/mol. The van der Waals surface area contributed by atoms with Crippen molar-refractivity contribution in [3.05, 3.63) is 18.2 Å². The lowest BCUT2D eigenvalue weighted by atomic mass is 10.1. The van der Waals surface area contributed by atoms with E-state index in [1.807, 2.05) is 6.92 Å². The molecule has 10 heavy (non-hydrogen) atoms. The lowest BCUT2D eigenvalue weighted by Gasteiger charge is -1.96. The predicted molar refractivity (Wildman–Crippen MR) is 37.5 cm³/mol. The van der Waals surface area contributed by atoms with Crippen LogP contribution in [0, 0.1) is 5.92 Å². The van der Waals surface area contributed by atoms with Crippen LogP contribution in [0.5, 0.6) is 0 Å². The second-order valence-electron chi connectivity index (χ2n) is 2.38. The third-order valence-electron chi connectivity index (χ3n) is 1.32. The van der Waals surface area contributed by atoms with Gasteiger partial charge in [0.2, 0.25) is 0 Å². The largest absolute Gasteiger partial charge is 0.351 e. The molecule has 0 spiro atoms. The summed E-state index contributed by atoms with van der Waals surface area (Å²) in [6, 6.07) is 0. The van der Waals surface area contributed by atoms with Gasteiger partial charge in [-0.1, -0.05) is 6.92 Å². The van der Waals surface area contributed by atoms with Crippen molar-refractivity contribution in [3.63, 3.8) is 0 Å². The van der Waals surface area contributed by atoms with Gasteiger partial charge in [-0.05, 0) is 0 Å². The van der Waals surface area contributed by atoms with Crippen LogP contribution in [0.15, 0.2) is 12.5 Å². The molecule has 3 nitrogen and oxygen atoms in total. The topological polar surface area (TPSA) is 45.8 Å². The standard InChI is InChI=1S/C7H10N2O/c1-6(4-10)2-7-3-8-5-9-7/h3-6H,2H2,1H3,(H,8,9). The van der Waals surface area contributed by atoms with Crippen molar-refractivity contribution >= 4 is 6.29 Å². The SMILES string of the molecule is CC(C=O)Cc1c[nH]cn1. The Morgan fingerprint density at radius 1 is 1.90 bits per heavy atom. The Balaban J connectivity index is 2.47. The highest BCUT2D eigenvalue weighted by Gasteiger charge is 2.01. The van der Waals surface area contributed by atoms with E-state index in [1.54, 1.807) is 12.5 Å². The number of nitrogens with zero attached hydrogens (tertiary/aromatic N) is 1. The van der Waals surface area contributed by atoms with Crippen LogP contribution in [-0.2, 0) is 11.2 Å². The van der Waals surface area contributed by atoms with Gasteiger partial charge in [-0.15, -0.1) is 0 Å². The van der Waals surface area contributed by atoms with Crippen molar-refractivity contribution in [3.8, 4) is 0 Å². The first-order valence-corrected chi connectivity index (χ1v) is 3.26. The van der Waals surface area contributed by atoms with Crippen molar-refractivity contribution in [2.24, 2.45) is 5.92 Å². The van der Waals surface area contributed by atoms with E-state index in [4.69, 9.17) is 0 Å². The smallest absolute Gasteiger partial charge is 0.123 e. The van der Waals surface area contributed by atoms with E-state index >= 15 is 0 Å². The zero-order valence-corrected chi connectivity index (χ0v) is 5.87. The maximum Gasteiger partial charge on any atom is 0.123 e. The number of rotatable bonds is 3. The molecule has 1 heterocycles. The van der Waals surface area contributed by atoms with Crippen molar-refractivity contribution < 1.29 is 4.79 Å². The molecule has 1 aromatic heterocycles. The number of hydrogen-bond acceptors (Lipinski definition) is 2. The molecule has 3 heteroatoms. The van der Waals surface area contributed by atoms with Gasteiger partial charge in [0.1, 0.15) is 6.29 Å². The van der Waals surface area contributed by atoms with E-state index in [-0.39, 0.29) is 5.92 Å². The molecular formula is C7H10N2O. The first-order valence-electron chi connectivity index (χ1n) is 3.26. The van der Waals surface area contributed by atoms with Gasteiger partial charge in [-0.3, -0.25) is 0 Å². The summed E-state index contributed by atoms with van der Waals surface area (Å²) in [5, 5.41) is 0. The summed E-state index contributed by atoms with van der Waals surface area (Å²) in [7, 11) is 0. The molecule has 0 radical (unpaired) electrons. The second-order valence-corrected chi connectivity index (χ2v) is 2.38. The van der Waals surface area contributed by atoms with Crippen LogP contribution in [0.4, 0.5) is 0 Å². The van der Waals surface area contributed by atoms with Crippen LogP contribution in [0.2, 0.25) is 0 Å². The number of carbonyl (C=O) groups is 1. The van der Waals surface area contributed by atoms with Crippen LogP contribution in [-0.4, -0.2) is 16.3 Å². The third-order valence-corrected chi connectivity index (χ3v) is 1.32. The van der Waals surface area contributed by atoms with Crippen molar-refractivity contribution in [2.75, 3.05) is 0 Å². The zero-order valence-electron chi connectivity index (χ0n) is 5.87. The summed E-state index contributed by atoms with van der Waals surface area (Å²) in [6.07, 6.45) is 5.09. The predicted octanol–water partition coefficient (Wildman–Crippen LogP) is 0.787. The molecule has 0 fully saturated rings. The Morgan fingerprint density at radius 3 is 3.20 bits per heavy atom. The van der Waals surface area contributed by atoms with E-state index in [0.29, 0.717) is 0 Å². The third kappa shape index (κ3) is 1.69. The average molecular weight is 138 g/mol. The molecule has 0 saturated heterocycles. The summed E-state index contributed by atoms with van der Waals surface area (Å²) in [5.74, 6) is 0.0725. The number of aldehydes is 1. The van der Waals surface area contributed by atoms with Gasteiger partial charge in [0.25, 0.3) is 0 Å². The van der Waals surface area contributed by atoms with Crippen LogP contribution >= 0.6 is 0 Å².